The highest BCUT2D eigenvalue weighted by Crippen LogP contribution is 2.36. The number of piperidine rings is 1. The Kier molecular flexibility index (Phi) is 5.16. The van der Waals surface area contributed by atoms with Crippen LogP contribution in [0.1, 0.15) is 46.8 Å². The molecule has 146 valence electrons. The third-order valence-electron chi connectivity index (χ3n) is 6.07. The smallest absolute Gasteiger partial charge is 0.253 e. The van der Waals surface area contributed by atoms with E-state index >= 15 is 0 Å². The standard InChI is InChI=1S/C23H25FN2O2/c1-25(21-13-10-16-5-2-3-7-20(16)21)22(27)18-6-4-14-26(15-18)23(28)17-8-11-19(24)12-9-17/h2-3,5,7-9,11-12,18,21H,4,6,10,13-15H2,1H3. The molecule has 1 aliphatic heterocycles. The molecular formula is C23H25FN2O2. The fraction of sp³-hybridized carbons (Fsp3) is 0.391. The van der Waals surface area contributed by atoms with Crippen LogP contribution in [-0.4, -0.2) is 41.8 Å². The average molecular weight is 380 g/mol. The molecule has 4 rings (SSSR count). The van der Waals surface area contributed by atoms with Crippen molar-refractivity contribution in [2.45, 2.75) is 31.7 Å². The van der Waals surface area contributed by atoms with Gasteiger partial charge in [-0.15, -0.1) is 0 Å². The predicted molar refractivity (Wildman–Crippen MR) is 105 cm³/mol. The number of carbonyl (C=O) groups is 2. The van der Waals surface area contributed by atoms with Gasteiger partial charge in [0.15, 0.2) is 0 Å². The zero-order valence-electron chi connectivity index (χ0n) is 16.1. The Morgan fingerprint density at radius 3 is 2.61 bits per heavy atom. The molecule has 1 fully saturated rings. The molecule has 0 radical (unpaired) electrons. The summed E-state index contributed by atoms with van der Waals surface area (Å²) < 4.78 is 13.1. The quantitative estimate of drug-likeness (QED) is 0.812. The number of hydrogen-bond donors (Lipinski definition) is 0. The minimum Gasteiger partial charge on any atom is -0.338 e. The first-order valence-corrected chi connectivity index (χ1v) is 9.94. The van der Waals surface area contributed by atoms with Crippen molar-refractivity contribution in [3.63, 3.8) is 0 Å². The second-order valence-corrected chi connectivity index (χ2v) is 7.80. The molecule has 4 nitrogen and oxygen atoms in total. The van der Waals surface area contributed by atoms with Crippen molar-refractivity contribution in [2.24, 2.45) is 5.92 Å². The summed E-state index contributed by atoms with van der Waals surface area (Å²) in [4.78, 5) is 29.5. The summed E-state index contributed by atoms with van der Waals surface area (Å²) in [5.74, 6) is -0.567. The lowest BCUT2D eigenvalue weighted by atomic mass is 9.95. The number of aryl methyl sites for hydroxylation is 1. The first-order valence-electron chi connectivity index (χ1n) is 9.94. The van der Waals surface area contributed by atoms with E-state index in [1.807, 2.05) is 24.1 Å². The Balaban J connectivity index is 1.45. The van der Waals surface area contributed by atoms with E-state index < -0.39 is 0 Å². The molecule has 0 bridgehead atoms. The molecule has 1 aliphatic carbocycles. The molecule has 2 aromatic carbocycles. The molecule has 2 aliphatic rings. The maximum atomic E-state index is 13.2. The summed E-state index contributed by atoms with van der Waals surface area (Å²) in [5, 5.41) is 0. The first kappa shape index (κ1) is 18.7. The summed E-state index contributed by atoms with van der Waals surface area (Å²) in [6, 6.07) is 14.0. The van der Waals surface area contributed by atoms with Crippen LogP contribution in [0.3, 0.4) is 0 Å². The number of rotatable bonds is 3. The van der Waals surface area contributed by atoms with Crippen molar-refractivity contribution >= 4 is 11.8 Å². The molecule has 0 N–H and O–H groups in total. The lowest BCUT2D eigenvalue weighted by Gasteiger charge is -2.36. The Labute approximate surface area is 164 Å². The molecule has 0 spiro atoms. The average Bonchev–Trinajstić information content (AvgIpc) is 3.17. The molecule has 2 unspecified atom stereocenters. The second-order valence-electron chi connectivity index (χ2n) is 7.80. The van der Waals surface area contributed by atoms with Gasteiger partial charge in [0.1, 0.15) is 5.82 Å². The van der Waals surface area contributed by atoms with Gasteiger partial charge in [-0.2, -0.15) is 0 Å². The van der Waals surface area contributed by atoms with Crippen molar-refractivity contribution in [3.05, 3.63) is 71.0 Å². The van der Waals surface area contributed by atoms with Crippen LogP contribution in [0.25, 0.3) is 0 Å². The largest absolute Gasteiger partial charge is 0.338 e. The number of nitrogens with zero attached hydrogens (tertiary/aromatic N) is 2. The van der Waals surface area contributed by atoms with Gasteiger partial charge in [-0.25, -0.2) is 4.39 Å². The van der Waals surface area contributed by atoms with Gasteiger partial charge in [0, 0.05) is 25.7 Å². The first-order chi connectivity index (χ1) is 13.5. The monoisotopic (exact) mass is 380 g/mol. The summed E-state index contributed by atoms with van der Waals surface area (Å²) >= 11 is 0. The van der Waals surface area contributed by atoms with Crippen LogP contribution in [0, 0.1) is 11.7 Å². The van der Waals surface area contributed by atoms with Crippen LogP contribution in [0.4, 0.5) is 4.39 Å². The maximum Gasteiger partial charge on any atom is 0.253 e. The number of likely N-dealkylation sites (tertiary alicyclic amines) is 1. The maximum absolute atomic E-state index is 13.2. The highest BCUT2D eigenvalue weighted by Gasteiger charge is 2.35. The SMILES string of the molecule is CN(C(=O)C1CCCN(C(=O)c2ccc(F)cc2)C1)C1CCc2ccccc21. The molecule has 2 amide bonds. The van der Waals surface area contributed by atoms with Crippen molar-refractivity contribution in [1.82, 2.24) is 9.80 Å². The van der Waals surface area contributed by atoms with Crippen LogP contribution in [0.5, 0.6) is 0 Å². The van der Waals surface area contributed by atoms with E-state index in [0.717, 1.165) is 25.7 Å². The molecule has 1 heterocycles. The zero-order valence-corrected chi connectivity index (χ0v) is 16.1. The third-order valence-corrected chi connectivity index (χ3v) is 6.07. The van der Waals surface area contributed by atoms with Crippen molar-refractivity contribution < 1.29 is 14.0 Å². The van der Waals surface area contributed by atoms with E-state index in [0.29, 0.717) is 18.7 Å². The molecule has 5 heteroatoms. The van der Waals surface area contributed by atoms with Gasteiger partial charge in [0.2, 0.25) is 5.91 Å². The fourth-order valence-corrected chi connectivity index (χ4v) is 4.52. The molecule has 0 aromatic heterocycles. The Morgan fingerprint density at radius 2 is 1.82 bits per heavy atom. The third kappa shape index (κ3) is 3.53. The molecule has 28 heavy (non-hydrogen) atoms. The van der Waals surface area contributed by atoms with Crippen molar-refractivity contribution in [3.8, 4) is 0 Å². The normalized spacial score (nSPS) is 21.3. The summed E-state index contributed by atoms with van der Waals surface area (Å²) in [6.07, 6.45) is 3.55. The number of fused-ring (bicyclic) bond motifs is 1. The summed E-state index contributed by atoms with van der Waals surface area (Å²) in [7, 11) is 1.88. The predicted octanol–water partition coefficient (Wildman–Crippen LogP) is 3.82. The molecule has 2 atom stereocenters. The zero-order chi connectivity index (χ0) is 19.7. The number of hydrogen-bond acceptors (Lipinski definition) is 2. The van der Waals surface area contributed by atoms with Crippen LogP contribution < -0.4 is 0 Å². The van der Waals surface area contributed by atoms with Crippen LogP contribution in [0.15, 0.2) is 48.5 Å². The van der Waals surface area contributed by atoms with E-state index in [-0.39, 0.29) is 29.6 Å². The van der Waals surface area contributed by atoms with Crippen LogP contribution >= 0.6 is 0 Å². The minimum atomic E-state index is -0.360. The Morgan fingerprint density at radius 1 is 1.07 bits per heavy atom. The minimum absolute atomic E-state index is 0.110. The second kappa shape index (κ2) is 7.74. The molecule has 0 saturated carbocycles. The lowest BCUT2D eigenvalue weighted by molar-refractivity contribution is -0.137. The van der Waals surface area contributed by atoms with Gasteiger partial charge in [-0.3, -0.25) is 9.59 Å². The van der Waals surface area contributed by atoms with Crippen LogP contribution in [0.2, 0.25) is 0 Å². The van der Waals surface area contributed by atoms with Gasteiger partial charge in [-0.1, -0.05) is 24.3 Å². The van der Waals surface area contributed by atoms with E-state index in [4.69, 9.17) is 0 Å². The van der Waals surface area contributed by atoms with Gasteiger partial charge in [-0.05, 0) is 61.1 Å². The highest BCUT2D eigenvalue weighted by atomic mass is 19.1. The number of carbonyl (C=O) groups excluding carboxylic acids is 2. The summed E-state index contributed by atoms with van der Waals surface area (Å²) in [6.45, 7) is 1.06. The molecule has 2 aromatic rings. The van der Waals surface area contributed by atoms with Crippen molar-refractivity contribution in [1.29, 1.82) is 0 Å². The van der Waals surface area contributed by atoms with E-state index in [1.54, 1.807) is 4.90 Å². The molecular weight excluding hydrogens is 355 g/mol. The summed E-state index contributed by atoms with van der Waals surface area (Å²) in [5.41, 5.74) is 3.03. The lowest BCUT2D eigenvalue weighted by Crippen LogP contribution is -2.46. The molecule has 1 saturated heterocycles. The van der Waals surface area contributed by atoms with Crippen LogP contribution in [-0.2, 0) is 11.2 Å². The highest BCUT2D eigenvalue weighted by molar-refractivity contribution is 5.94. The van der Waals surface area contributed by atoms with E-state index in [9.17, 15) is 14.0 Å². The number of amides is 2. The topological polar surface area (TPSA) is 40.6 Å². The number of benzene rings is 2. The van der Waals surface area contributed by atoms with Gasteiger partial charge < -0.3 is 9.80 Å². The van der Waals surface area contributed by atoms with E-state index in [1.165, 1.54) is 35.4 Å². The Bertz CT molecular complexity index is 880. The van der Waals surface area contributed by atoms with Crippen molar-refractivity contribution in [2.75, 3.05) is 20.1 Å². The Hall–Kier alpha value is -2.69. The van der Waals surface area contributed by atoms with Gasteiger partial charge in [0.05, 0.1) is 12.0 Å². The number of halogens is 1. The van der Waals surface area contributed by atoms with Gasteiger partial charge >= 0.3 is 0 Å². The van der Waals surface area contributed by atoms with E-state index in [2.05, 4.69) is 12.1 Å². The van der Waals surface area contributed by atoms with Gasteiger partial charge in [0.25, 0.3) is 5.91 Å². The fourth-order valence-electron chi connectivity index (χ4n) is 4.52.